The minimum Gasteiger partial charge on any atom is -0.209 e. The van der Waals surface area contributed by atoms with Gasteiger partial charge in [-0.2, -0.15) is 0 Å². The highest BCUT2D eigenvalue weighted by Crippen LogP contribution is 2.46. The van der Waals surface area contributed by atoms with E-state index >= 15 is 8.78 Å². The third kappa shape index (κ3) is 12.7. The molecule has 0 spiro atoms. The largest absolute Gasteiger partial charge is 0.209 e. The van der Waals surface area contributed by atoms with Gasteiger partial charge in [0, 0.05) is 23.5 Å². The Bertz CT molecular complexity index is 1400. The highest BCUT2D eigenvalue weighted by molar-refractivity contribution is 5.50. The van der Waals surface area contributed by atoms with Gasteiger partial charge in [0.05, 0.1) is 0 Å². The maximum atomic E-state index is 15.6. The van der Waals surface area contributed by atoms with Crippen LogP contribution in [0.25, 0.3) is 0 Å². The number of terminal acetylenes is 1. The van der Waals surface area contributed by atoms with Gasteiger partial charge in [0.1, 0.15) is 11.7 Å². The molecule has 4 aliphatic carbocycles. The number of allylic oxidation sites excluding steroid dienone is 16. The minimum atomic E-state index is -0.904. The van der Waals surface area contributed by atoms with Crippen molar-refractivity contribution in [1.29, 1.82) is 0 Å². The highest BCUT2D eigenvalue weighted by atomic mass is 19.2. The van der Waals surface area contributed by atoms with Crippen molar-refractivity contribution in [1.82, 2.24) is 0 Å². The second kappa shape index (κ2) is 22.3. The number of rotatable bonds is 19. The standard InChI is InChI=1S/C47H64F4/c1-4-7-9-11-12-13-14-15-18-35-20-24-37(25-21-35)38-28-30-40(31-29-38)43-33-32-42(46(50)47(43)51)39-26-22-36(23-27-39)34-44(48)45(49)41(17-6-3)19-16-10-8-5-2/h3,10,16-17,22,26-27,30,33,35-38,42H,4-5,7-9,11-15,18-21,23-25,28-29,31-32,34H2,1-2H3/b16-10-,41-17-,45-44-/t35?,36-,37?,38?,42-/m1/s1. The van der Waals surface area contributed by atoms with Crippen molar-refractivity contribution >= 4 is 0 Å². The third-order valence-electron chi connectivity index (χ3n) is 11.9. The first-order chi connectivity index (χ1) is 24.9. The maximum Gasteiger partial charge on any atom is 0.162 e. The van der Waals surface area contributed by atoms with Gasteiger partial charge < -0.3 is 0 Å². The lowest BCUT2D eigenvalue weighted by Gasteiger charge is -2.36. The van der Waals surface area contributed by atoms with Crippen LogP contribution in [0.2, 0.25) is 0 Å². The van der Waals surface area contributed by atoms with Crippen LogP contribution in [-0.2, 0) is 0 Å². The van der Waals surface area contributed by atoms with Crippen LogP contribution in [0.4, 0.5) is 17.6 Å². The summed E-state index contributed by atoms with van der Waals surface area (Å²) in [7, 11) is 0. The molecule has 0 nitrogen and oxygen atoms in total. The van der Waals surface area contributed by atoms with Crippen LogP contribution in [0.5, 0.6) is 0 Å². The first kappa shape index (κ1) is 41.0. The van der Waals surface area contributed by atoms with E-state index in [1.54, 1.807) is 12.2 Å². The zero-order valence-corrected chi connectivity index (χ0v) is 31.7. The second-order valence-electron chi connectivity index (χ2n) is 15.7. The summed E-state index contributed by atoms with van der Waals surface area (Å²) in [5.74, 6) is 0.514. The fourth-order valence-electron chi connectivity index (χ4n) is 8.70. The second-order valence-corrected chi connectivity index (χ2v) is 15.7. The fraction of sp³-hybridized carbons (Fsp3) is 0.617. The lowest BCUT2D eigenvalue weighted by atomic mass is 9.70. The van der Waals surface area contributed by atoms with Crippen LogP contribution >= 0.6 is 0 Å². The van der Waals surface area contributed by atoms with Crippen molar-refractivity contribution in [3.8, 4) is 12.3 Å². The summed E-state index contributed by atoms with van der Waals surface area (Å²) >= 11 is 0. The summed E-state index contributed by atoms with van der Waals surface area (Å²) in [6.45, 7) is 4.33. The van der Waals surface area contributed by atoms with Gasteiger partial charge in [-0.15, -0.1) is 6.42 Å². The summed E-state index contributed by atoms with van der Waals surface area (Å²) in [6.07, 6.45) is 43.4. The Balaban J connectivity index is 1.22. The molecular formula is C47H64F4. The molecule has 0 aliphatic heterocycles. The van der Waals surface area contributed by atoms with Crippen molar-refractivity contribution in [3.05, 3.63) is 94.2 Å². The smallest absolute Gasteiger partial charge is 0.162 e. The molecule has 0 aromatic heterocycles. The Morgan fingerprint density at radius 3 is 2.22 bits per heavy atom. The van der Waals surface area contributed by atoms with Gasteiger partial charge in [0.2, 0.25) is 0 Å². The average molecular weight is 705 g/mol. The quantitative estimate of drug-likeness (QED) is 0.0413. The van der Waals surface area contributed by atoms with Crippen LogP contribution < -0.4 is 0 Å². The van der Waals surface area contributed by atoms with E-state index in [-0.39, 0.29) is 24.3 Å². The molecule has 0 heterocycles. The van der Waals surface area contributed by atoms with E-state index in [4.69, 9.17) is 6.42 Å². The molecule has 51 heavy (non-hydrogen) atoms. The van der Waals surface area contributed by atoms with Gasteiger partial charge >= 0.3 is 0 Å². The molecule has 4 rings (SSSR count). The molecule has 4 aliphatic rings. The summed E-state index contributed by atoms with van der Waals surface area (Å²) < 4.78 is 61.0. The molecule has 3 atom stereocenters. The molecule has 4 heteroatoms. The van der Waals surface area contributed by atoms with Gasteiger partial charge in [0.15, 0.2) is 11.7 Å². The molecule has 0 amide bonds. The van der Waals surface area contributed by atoms with Gasteiger partial charge in [-0.25, -0.2) is 17.6 Å². The first-order valence-corrected chi connectivity index (χ1v) is 20.5. The fourth-order valence-corrected chi connectivity index (χ4v) is 8.70. The van der Waals surface area contributed by atoms with Crippen molar-refractivity contribution in [2.45, 2.75) is 155 Å². The lowest BCUT2D eigenvalue weighted by Crippen LogP contribution is -2.23. The Morgan fingerprint density at radius 2 is 1.57 bits per heavy atom. The summed E-state index contributed by atoms with van der Waals surface area (Å²) in [5, 5.41) is 0. The van der Waals surface area contributed by atoms with Crippen molar-refractivity contribution in [2.75, 3.05) is 0 Å². The topological polar surface area (TPSA) is 0 Å². The van der Waals surface area contributed by atoms with Crippen LogP contribution in [0.3, 0.4) is 0 Å². The molecule has 0 saturated heterocycles. The molecule has 1 fully saturated rings. The number of halogens is 4. The molecule has 0 aromatic carbocycles. The van der Waals surface area contributed by atoms with Crippen LogP contribution in [0.1, 0.15) is 155 Å². The van der Waals surface area contributed by atoms with Crippen molar-refractivity contribution in [2.24, 2.45) is 29.6 Å². The van der Waals surface area contributed by atoms with E-state index in [0.717, 1.165) is 49.5 Å². The molecule has 1 unspecified atom stereocenters. The predicted octanol–water partition coefficient (Wildman–Crippen LogP) is 15.5. The Kier molecular flexibility index (Phi) is 17.9. The normalized spacial score (nSPS) is 26.5. The van der Waals surface area contributed by atoms with Gasteiger partial charge in [-0.3, -0.25) is 0 Å². The van der Waals surface area contributed by atoms with Gasteiger partial charge in [-0.05, 0) is 98.7 Å². The number of hydrogen-bond donors (Lipinski definition) is 0. The van der Waals surface area contributed by atoms with Crippen molar-refractivity contribution in [3.63, 3.8) is 0 Å². The summed E-state index contributed by atoms with van der Waals surface area (Å²) in [5.41, 5.74) is 2.25. The van der Waals surface area contributed by atoms with Gasteiger partial charge in [-0.1, -0.05) is 139 Å². The predicted molar refractivity (Wildman–Crippen MR) is 208 cm³/mol. The zero-order valence-electron chi connectivity index (χ0n) is 31.7. The van der Waals surface area contributed by atoms with E-state index in [1.807, 2.05) is 24.3 Å². The van der Waals surface area contributed by atoms with Crippen molar-refractivity contribution < 1.29 is 17.6 Å². The molecule has 0 bridgehead atoms. The van der Waals surface area contributed by atoms with E-state index < -0.39 is 29.2 Å². The number of unbranched alkanes of at least 4 members (excludes halogenated alkanes) is 8. The molecule has 0 radical (unpaired) electrons. The molecular weight excluding hydrogens is 641 g/mol. The monoisotopic (exact) mass is 704 g/mol. The maximum absolute atomic E-state index is 15.6. The SMILES string of the molecule is C#C/C=C(C/C=C\CCC)\C(F)=C(\F)C[C@@H]1C=CC([C@H]2CC=C(C3=CCC(C4CCC(CCCCCCCCCC)CC4)CC3)C(F)=C2F)=CC1. The molecule has 1 saturated carbocycles. The van der Waals surface area contributed by atoms with E-state index in [1.165, 1.54) is 89.5 Å². The first-order valence-electron chi connectivity index (χ1n) is 20.5. The summed E-state index contributed by atoms with van der Waals surface area (Å²) in [6, 6.07) is 0. The minimum absolute atomic E-state index is 0.107. The van der Waals surface area contributed by atoms with Crippen LogP contribution in [-0.4, -0.2) is 0 Å². The van der Waals surface area contributed by atoms with E-state index in [2.05, 4.69) is 25.8 Å². The lowest BCUT2D eigenvalue weighted by molar-refractivity contribution is 0.185. The van der Waals surface area contributed by atoms with E-state index in [0.29, 0.717) is 29.9 Å². The Labute approximate surface area is 308 Å². The highest BCUT2D eigenvalue weighted by Gasteiger charge is 2.33. The summed E-state index contributed by atoms with van der Waals surface area (Å²) in [4.78, 5) is 0. The molecule has 0 aromatic rings. The van der Waals surface area contributed by atoms with Crippen LogP contribution in [0.15, 0.2) is 94.2 Å². The third-order valence-corrected chi connectivity index (χ3v) is 11.9. The van der Waals surface area contributed by atoms with Gasteiger partial charge in [0.25, 0.3) is 0 Å². The van der Waals surface area contributed by atoms with E-state index in [9.17, 15) is 8.78 Å². The Hall–Kier alpha value is -2.80. The molecule has 0 N–H and O–H groups in total. The molecule has 280 valence electrons. The number of hydrogen-bond acceptors (Lipinski definition) is 0. The average Bonchev–Trinajstić information content (AvgIpc) is 3.15. The zero-order chi connectivity index (χ0) is 36.4. The Morgan fingerprint density at radius 1 is 0.824 bits per heavy atom. The van der Waals surface area contributed by atoms with Crippen LogP contribution in [0, 0.1) is 41.9 Å².